The Labute approximate surface area is 86.9 Å². The molecule has 1 N–H and O–H groups in total. The zero-order valence-electron chi connectivity index (χ0n) is 9.55. The Hall–Kier alpha value is -0.570. The lowest BCUT2D eigenvalue weighted by atomic mass is 9.84. The number of carbonyl (C=O) groups excluding carboxylic acids is 1. The summed E-state index contributed by atoms with van der Waals surface area (Å²) in [6.45, 7) is 4.44. The van der Waals surface area contributed by atoms with Crippen molar-refractivity contribution in [3.8, 4) is 0 Å². The van der Waals surface area contributed by atoms with Crippen molar-refractivity contribution in [2.75, 3.05) is 27.2 Å². The summed E-state index contributed by atoms with van der Waals surface area (Å²) in [5.41, 5.74) is 0. The van der Waals surface area contributed by atoms with Crippen LogP contribution in [-0.4, -0.2) is 38.0 Å². The highest BCUT2D eigenvalue weighted by atomic mass is 16.2. The fourth-order valence-corrected chi connectivity index (χ4v) is 2.04. The highest BCUT2D eigenvalue weighted by Crippen LogP contribution is 2.24. The van der Waals surface area contributed by atoms with Crippen LogP contribution in [-0.2, 0) is 4.79 Å². The fourth-order valence-electron chi connectivity index (χ4n) is 2.04. The molecule has 82 valence electrons. The minimum atomic E-state index is 0.260. The molecule has 0 aromatic heterocycles. The average molecular weight is 198 g/mol. The first-order chi connectivity index (χ1) is 6.61. The van der Waals surface area contributed by atoms with Crippen LogP contribution in [0.4, 0.5) is 0 Å². The van der Waals surface area contributed by atoms with Gasteiger partial charge in [-0.15, -0.1) is 0 Å². The summed E-state index contributed by atoms with van der Waals surface area (Å²) in [5, 5.41) is 3.35. The number of hydrogen-bond donors (Lipinski definition) is 1. The van der Waals surface area contributed by atoms with Crippen molar-refractivity contribution in [1.82, 2.24) is 10.2 Å². The van der Waals surface area contributed by atoms with Gasteiger partial charge in [-0.1, -0.05) is 6.92 Å². The summed E-state index contributed by atoms with van der Waals surface area (Å²) in [4.78, 5) is 13.2. The second-order valence-corrected chi connectivity index (χ2v) is 4.56. The topological polar surface area (TPSA) is 32.3 Å². The monoisotopic (exact) mass is 198 g/mol. The molecule has 0 saturated carbocycles. The van der Waals surface area contributed by atoms with Gasteiger partial charge in [-0.3, -0.25) is 4.79 Å². The van der Waals surface area contributed by atoms with E-state index >= 15 is 0 Å². The quantitative estimate of drug-likeness (QED) is 0.736. The third-order valence-corrected chi connectivity index (χ3v) is 3.18. The second-order valence-electron chi connectivity index (χ2n) is 4.56. The maximum Gasteiger partial charge on any atom is 0.222 e. The molecule has 1 aliphatic heterocycles. The third-order valence-electron chi connectivity index (χ3n) is 3.18. The molecule has 0 aromatic carbocycles. The van der Waals surface area contributed by atoms with Crippen molar-refractivity contribution in [3.63, 3.8) is 0 Å². The molecule has 3 nitrogen and oxygen atoms in total. The van der Waals surface area contributed by atoms with Gasteiger partial charge in [0.25, 0.3) is 0 Å². The number of hydrogen-bond acceptors (Lipinski definition) is 2. The minimum Gasteiger partial charge on any atom is -0.349 e. The van der Waals surface area contributed by atoms with Crippen molar-refractivity contribution >= 4 is 5.91 Å². The minimum absolute atomic E-state index is 0.260. The Kier molecular flexibility index (Phi) is 4.39. The van der Waals surface area contributed by atoms with Gasteiger partial charge < -0.3 is 10.2 Å². The molecule has 1 amide bonds. The van der Waals surface area contributed by atoms with Crippen LogP contribution in [0.1, 0.15) is 26.2 Å². The second kappa shape index (κ2) is 5.35. The maximum absolute atomic E-state index is 11.5. The van der Waals surface area contributed by atoms with Gasteiger partial charge in [-0.05, 0) is 37.8 Å². The summed E-state index contributed by atoms with van der Waals surface area (Å²) in [6.07, 6.45) is 3.15. The lowest BCUT2D eigenvalue weighted by Crippen LogP contribution is -2.33. The Morgan fingerprint density at radius 2 is 2.00 bits per heavy atom. The first kappa shape index (κ1) is 11.5. The SMILES string of the molecule is CC(CC(=O)N(C)C)C1CCNCC1. The van der Waals surface area contributed by atoms with Gasteiger partial charge in [0.2, 0.25) is 5.91 Å². The summed E-state index contributed by atoms with van der Waals surface area (Å²) in [7, 11) is 3.66. The molecule has 0 spiro atoms. The molecule has 1 fully saturated rings. The van der Waals surface area contributed by atoms with Crippen LogP contribution < -0.4 is 5.32 Å². The largest absolute Gasteiger partial charge is 0.349 e. The molecule has 0 aromatic rings. The van der Waals surface area contributed by atoms with Crippen molar-refractivity contribution in [2.24, 2.45) is 11.8 Å². The van der Waals surface area contributed by atoms with E-state index in [1.165, 1.54) is 12.8 Å². The Bertz CT molecular complexity index is 186. The van der Waals surface area contributed by atoms with Crippen molar-refractivity contribution in [1.29, 1.82) is 0 Å². The highest BCUT2D eigenvalue weighted by Gasteiger charge is 2.22. The van der Waals surface area contributed by atoms with Crippen LogP contribution in [0.2, 0.25) is 0 Å². The molecular formula is C11H22N2O. The molecule has 1 atom stereocenters. The van der Waals surface area contributed by atoms with Gasteiger partial charge >= 0.3 is 0 Å². The number of amides is 1. The Morgan fingerprint density at radius 3 is 2.50 bits per heavy atom. The van der Waals surface area contributed by atoms with Crippen molar-refractivity contribution in [2.45, 2.75) is 26.2 Å². The number of nitrogens with zero attached hydrogens (tertiary/aromatic N) is 1. The molecule has 1 unspecified atom stereocenters. The molecule has 0 bridgehead atoms. The number of piperidine rings is 1. The molecule has 0 aliphatic carbocycles. The number of rotatable bonds is 3. The van der Waals surface area contributed by atoms with Gasteiger partial charge in [0.1, 0.15) is 0 Å². The Morgan fingerprint density at radius 1 is 1.43 bits per heavy atom. The normalized spacial score (nSPS) is 20.5. The number of nitrogens with one attached hydrogen (secondary N) is 1. The van der Waals surface area contributed by atoms with Crippen LogP contribution in [0.15, 0.2) is 0 Å². The molecule has 1 aliphatic rings. The third kappa shape index (κ3) is 3.29. The smallest absolute Gasteiger partial charge is 0.222 e. The van der Waals surface area contributed by atoms with E-state index in [2.05, 4.69) is 12.2 Å². The standard InChI is InChI=1S/C11H22N2O/c1-9(8-11(14)13(2)3)10-4-6-12-7-5-10/h9-10,12H,4-8H2,1-3H3. The van der Waals surface area contributed by atoms with Crippen LogP contribution in [0.5, 0.6) is 0 Å². The maximum atomic E-state index is 11.5. The average Bonchev–Trinajstić information content (AvgIpc) is 2.19. The predicted molar refractivity (Wildman–Crippen MR) is 58.1 cm³/mol. The van der Waals surface area contributed by atoms with E-state index in [1.807, 2.05) is 14.1 Å². The van der Waals surface area contributed by atoms with Gasteiger partial charge in [0.05, 0.1) is 0 Å². The van der Waals surface area contributed by atoms with Gasteiger partial charge in [0.15, 0.2) is 0 Å². The van der Waals surface area contributed by atoms with E-state index < -0.39 is 0 Å². The summed E-state index contributed by atoms with van der Waals surface area (Å²) < 4.78 is 0. The van der Waals surface area contributed by atoms with E-state index in [1.54, 1.807) is 4.90 Å². The molecule has 0 radical (unpaired) electrons. The first-order valence-corrected chi connectivity index (χ1v) is 5.52. The number of carbonyl (C=O) groups is 1. The summed E-state index contributed by atoms with van der Waals surface area (Å²) in [5.74, 6) is 1.53. The van der Waals surface area contributed by atoms with E-state index in [0.717, 1.165) is 19.0 Å². The van der Waals surface area contributed by atoms with Gasteiger partial charge in [0, 0.05) is 20.5 Å². The highest BCUT2D eigenvalue weighted by molar-refractivity contribution is 5.75. The predicted octanol–water partition coefficient (Wildman–Crippen LogP) is 1.10. The van der Waals surface area contributed by atoms with Crippen molar-refractivity contribution in [3.05, 3.63) is 0 Å². The zero-order chi connectivity index (χ0) is 10.6. The zero-order valence-corrected chi connectivity index (χ0v) is 9.55. The van der Waals surface area contributed by atoms with Crippen LogP contribution in [0.25, 0.3) is 0 Å². The van der Waals surface area contributed by atoms with Crippen LogP contribution in [0.3, 0.4) is 0 Å². The summed E-state index contributed by atoms with van der Waals surface area (Å²) in [6, 6.07) is 0. The van der Waals surface area contributed by atoms with E-state index in [4.69, 9.17) is 0 Å². The first-order valence-electron chi connectivity index (χ1n) is 5.52. The molecule has 14 heavy (non-hydrogen) atoms. The lowest BCUT2D eigenvalue weighted by Gasteiger charge is -2.28. The van der Waals surface area contributed by atoms with E-state index in [-0.39, 0.29) is 5.91 Å². The molecule has 1 heterocycles. The van der Waals surface area contributed by atoms with E-state index in [9.17, 15) is 4.79 Å². The summed E-state index contributed by atoms with van der Waals surface area (Å²) >= 11 is 0. The van der Waals surface area contributed by atoms with E-state index in [0.29, 0.717) is 12.3 Å². The lowest BCUT2D eigenvalue weighted by molar-refractivity contribution is -0.130. The van der Waals surface area contributed by atoms with Crippen LogP contribution in [0, 0.1) is 11.8 Å². The molecule has 3 heteroatoms. The van der Waals surface area contributed by atoms with Crippen molar-refractivity contribution < 1.29 is 4.79 Å². The molecule has 1 rings (SSSR count). The molecular weight excluding hydrogens is 176 g/mol. The Balaban J connectivity index is 2.32. The molecule has 1 saturated heterocycles. The van der Waals surface area contributed by atoms with Crippen LogP contribution >= 0.6 is 0 Å². The van der Waals surface area contributed by atoms with Gasteiger partial charge in [-0.25, -0.2) is 0 Å². The fraction of sp³-hybridized carbons (Fsp3) is 0.909. The van der Waals surface area contributed by atoms with Gasteiger partial charge in [-0.2, -0.15) is 0 Å².